The van der Waals surface area contributed by atoms with E-state index < -0.39 is 47.9 Å². The van der Waals surface area contributed by atoms with Gasteiger partial charge in [-0.05, 0) is 43.6 Å². The molecular weight excluding hydrogens is 408 g/mol. The molecule has 3 amide bonds. The van der Waals surface area contributed by atoms with Gasteiger partial charge in [-0.3, -0.25) is 14.4 Å². The van der Waals surface area contributed by atoms with Crippen LogP contribution in [0.4, 0.5) is 0 Å². The number of amides is 3. The molecular formula is C20H38N4O5S. The van der Waals surface area contributed by atoms with Crippen LogP contribution in [0.15, 0.2) is 0 Å². The van der Waals surface area contributed by atoms with E-state index in [4.69, 9.17) is 5.73 Å². The summed E-state index contributed by atoms with van der Waals surface area (Å²) in [5.74, 6) is -2.03. The number of rotatable bonds is 14. The number of carbonyl (C=O) groups is 4. The molecule has 0 heterocycles. The van der Waals surface area contributed by atoms with Crippen LogP contribution >= 0.6 is 11.8 Å². The Morgan fingerprint density at radius 2 is 1.57 bits per heavy atom. The number of carboxylic acids is 1. The van der Waals surface area contributed by atoms with E-state index in [9.17, 15) is 24.3 Å². The first kappa shape index (κ1) is 28.2. The monoisotopic (exact) mass is 446 g/mol. The van der Waals surface area contributed by atoms with Crippen LogP contribution in [0, 0.1) is 11.8 Å². The van der Waals surface area contributed by atoms with Crippen LogP contribution in [-0.2, 0) is 19.2 Å². The first-order chi connectivity index (χ1) is 13.9. The molecule has 0 spiro atoms. The van der Waals surface area contributed by atoms with E-state index in [1.54, 1.807) is 6.92 Å². The average molecular weight is 447 g/mol. The summed E-state index contributed by atoms with van der Waals surface area (Å²) in [6.07, 6.45) is 3.34. The summed E-state index contributed by atoms with van der Waals surface area (Å²) in [5.41, 5.74) is 5.90. The van der Waals surface area contributed by atoms with E-state index >= 15 is 0 Å². The van der Waals surface area contributed by atoms with Gasteiger partial charge in [0.25, 0.3) is 0 Å². The number of carboxylic acid groups (broad SMARTS) is 1. The van der Waals surface area contributed by atoms with Crippen molar-refractivity contribution in [3.63, 3.8) is 0 Å². The number of thioether (sulfide) groups is 1. The van der Waals surface area contributed by atoms with Gasteiger partial charge in [-0.25, -0.2) is 4.79 Å². The number of nitrogens with one attached hydrogen (secondary N) is 3. The lowest BCUT2D eigenvalue weighted by atomic mass is 9.99. The average Bonchev–Trinajstić information content (AvgIpc) is 2.67. The highest BCUT2D eigenvalue weighted by molar-refractivity contribution is 7.98. The van der Waals surface area contributed by atoms with Crippen molar-refractivity contribution in [1.29, 1.82) is 0 Å². The van der Waals surface area contributed by atoms with Crippen molar-refractivity contribution < 1.29 is 24.3 Å². The van der Waals surface area contributed by atoms with Crippen LogP contribution in [0.3, 0.4) is 0 Å². The zero-order chi connectivity index (χ0) is 23.4. The van der Waals surface area contributed by atoms with Crippen molar-refractivity contribution in [2.45, 2.75) is 78.0 Å². The van der Waals surface area contributed by atoms with Gasteiger partial charge in [0, 0.05) is 0 Å². The Hall–Kier alpha value is -1.81. The summed E-state index contributed by atoms with van der Waals surface area (Å²) < 4.78 is 0. The van der Waals surface area contributed by atoms with Crippen molar-refractivity contribution in [3.05, 3.63) is 0 Å². The molecule has 174 valence electrons. The van der Waals surface area contributed by atoms with E-state index in [1.807, 2.05) is 27.0 Å². The number of aliphatic carboxylic acids is 1. The second-order valence-corrected chi connectivity index (χ2v) is 9.00. The molecule has 5 atom stereocenters. The zero-order valence-corrected chi connectivity index (χ0v) is 19.7. The number of nitrogens with two attached hydrogens (primary N) is 1. The Balaban J connectivity index is 5.05. The van der Waals surface area contributed by atoms with Gasteiger partial charge in [-0.15, -0.1) is 0 Å². The van der Waals surface area contributed by atoms with Crippen LogP contribution < -0.4 is 21.7 Å². The molecule has 0 aromatic heterocycles. The minimum Gasteiger partial charge on any atom is -0.480 e. The Labute approximate surface area is 183 Å². The van der Waals surface area contributed by atoms with Crippen molar-refractivity contribution in [2.75, 3.05) is 12.0 Å². The van der Waals surface area contributed by atoms with Gasteiger partial charge in [0.05, 0.1) is 6.04 Å². The first-order valence-electron chi connectivity index (χ1n) is 10.3. The maximum absolute atomic E-state index is 12.7. The van der Waals surface area contributed by atoms with Crippen LogP contribution in [0.25, 0.3) is 0 Å². The van der Waals surface area contributed by atoms with Crippen molar-refractivity contribution in [1.82, 2.24) is 16.0 Å². The first-order valence-corrected chi connectivity index (χ1v) is 11.7. The summed E-state index contributed by atoms with van der Waals surface area (Å²) >= 11 is 1.53. The predicted molar refractivity (Wildman–Crippen MR) is 119 cm³/mol. The predicted octanol–water partition coefficient (Wildman–Crippen LogP) is 0.718. The normalized spacial score (nSPS) is 16.1. The van der Waals surface area contributed by atoms with Crippen LogP contribution in [0.1, 0.15) is 53.9 Å². The van der Waals surface area contributed by atoms with Gasteiger partial charge in [0.15, 0.2) is 0 Å². The maximum atomic E-state index is 12.7. The quantitative estimate of drug-likeness (QED) is 0.264. The molecule has 10 heteroatoms. The highest BCUT2D eigenvalue weighted by Crippen LogP contribution is 2.09. The molecule has 0 aromatic carbocycles. The summed E-state index contributed by atoms with van der Waals surface area (Å²) in [7, 11) is 0. The smallest absolute Gasteiger partial charge is 0.326 e. The van der Waals surface area contributed by atoms with E-state index in [-0.39, 0.29) is 11.8 Å². The van der Waals surface area contributed by atoms with Gasteiger partial charge in [-0.2, -0.15) is 11.8 Å². The molecule has 5 unspecified atom stereocenters. The molecule has 6 N–H and O–H groups in total. The Kier molecular flexibility index (Phi) is 13.4. The second kappa shape index (κ2) is 14.2. The third-order valence-corrected chi connectivity index (χ3v) is 5.48. The summed E-state index contributed by atoms with van der Waals surface area (Å²) in [6, 6.07) is -3.55. The fourth-order valence-electron chi connectivity index (χ4n) is 2.74. The standard InChI is InChI=1S/C20H38N4O5S/c1-7-12(4)16(20(28)29)24-17(25)13(5)22-19(27)15(8-9-30-6)23-18(26)14(21)10-11(2)3/h11-16H,7-10,21H2,1-6H3,(H,22,27)(H,23,26)(H,24,25)(H,28,29). The molecule has 0 aliphatic heterocycles. The van der Waals surface area contributed by atoms with E-state index in [1.165, 1.54) is 18.7 Å². The lowest BCUT2D eigenvalue weighted by Crippen LogP contribution is -2.57. The van der Waals surface area contributed by atoms with Gasteiger partial charge in [-0.1, -0.05) is 34.1 Å². The minimum absolute atomic E-state index is 0.237. The Morgan fingerprint density at radius 3 is 2.03 bits per heavy atom. The molecule has 0 rings (SSSR count). The number of hydrogen-bond donors (Lipinski definition) is 5. The van der Waals surface area contributed by atoms with Gasteiger partial charge >= 0.3 is 5.97 Å². The third-order valence-electron chi connectivity index (χ3n) is 4.83. The van der Waals surface area contributed by atoms with Crippen LogP contribution in [0.2, 0.25) is 0 Å². The molecule has 0 aromatic rings. The van der Waals surface area contributed by atoms with Crippen molar-refractivity contribution in [2.24, 2.45) is 17.6 Å². The largest absolute Gasteiger partial charge is 0.480 e. The fraction of sp³-hybridized carbons (Fsp3) is 0.800. The minimum atomic E-state index is -1.12. The molecule has 0 saturated carbocycles. The van der Waals surface area contributed by atoms with E-state index in [2.05, 4.69) is 16.0 Å². The Morgan fingerprint density at radius 1 is 0.967 bits per heavy atom. The highest BCUT2D eigenvalue weighted by Gasteiger charge is 2.30. The summed E-state index contributed by atoms with van der Waals surface area (Å²) in [5, 5.41) is 17.0. The van der Waals surface area contributed by atoms with Crippen molar-refractivity contribution >= 4 is 35.5 Å². The van der Waals surface area contributed by atoms with Gasteiger partial charge in [0.1, 0.15) is 18.1 Å². The Bertz CT molecular complexity index is 588. The van der Waals surface area contributed by atoms with Gasteiger partial charge in [0.2, 0.25) is 17.7 Å². The molecule has 0 radical (unpaired) electrons. The zero-order valence-electron chi connectivity index (χ0n) is 18.9. The number of carbonyl (C=O) groups excluding carboxylic acids is 3. The molecule has 0 aliphatic rings. The maximum Gasteiger partial charge on any atom is 0.326 e. The summed E-state index contributed by atoms with van der Waals surface area (Å²) in [6.45, 7) is 8.95. The SMILES string of the molecule is CCC(C)C(NC(=O)C(C)NC(=O)C(CCSC)NC(=O)C(N)CC(C)C)C(=O)O. The molecule has 0 saturated heterocycles. The lowest BCUT2D eigenvalue weighted by Gasteiger charge is -2.25. The van der Waals surface area contributed by atoms with E-state index in [0.717, 1.165) is 0 Å². The molecule has 0 fully saturated rings. The van der Waals surface area contributed by atoms with Crippen LogP contribution in [-0.4, -0.2) is 65.0 Å². The summed E-state index contributed by atoms with van der Waals surface area (Å²) in [4.78, 5) is 48.8. The third kappa shape index (κ3) is 10.3. The topological polar surface area (TPSA) is 151 Å². The van der Waals surface area contributed by atoms with E-state index in [0.29, 0.717) is 25.0 Å². The lowest BCUT2D eigenvalue weighted by molar-refractivity contribution is -0.143. The second-order valence-electron chi connectivity index (χ2n) is 8.02. The van der Waals surface area contributed by atoms with Gasteiger partial charge < -0.3 is 26.8 Å². The molecule has 0 aliphatic carbocycles. The fourth-order valence-corrected chi connectivity index (χ4v) is 3.21. The number of hydrogen-bond acceptors (Lipinski definition) is 6. The van der Waals surface area contributed by atoms with Crippen molar-refractivity contribution in [3.8, 4) is 0 Å². The van der Waals surface area contributed by atoms with Crippen LogP contribution in [0.5, 0.6) is 0 Å². The highest BCUT2D eigenvalue weighted by atomic mass is 32.2. The molecule has 0 bridgehead atoms. The molecule has 30 heavy (non-hydrogen) atoms. The molecule has 9 nitrogen and oxygen atoms in total.